The molecule has 0 atom stereocenters. The van der Waals surface area contributed by atoms with Gasteiger partial charge >= 0.3 is 0 Å². The van der Waals surface area contributed by atoms with Crippen LogP contribution in [0.5, 0.6) is 0 Å². The van der Waals surface area contributed by atoms with Crippen LogP contribution in [0.3, 0.4) is 0 Å². The lowest BCUT2D eigenvalue weighted by atomic mass is 10.3. The Hall–Kier alpha value is -1.29. The van der Waals surface area contributed by atoms with Gasteiger partial charge in [0.15, 0.2) is 0 Å². The average Bonchev–Trinajstić information content (AvgIpc) is 2.90. The van der Waals surface area contributed by atoms with Crippen molar-refractivity contribution in [2.24, 2.45) is 0 Å². The van der Waals surface area contributed by atoms with Crippen molar-refractivity contribution in [2.45, 2.75) is 46.7 Å². The second kappa shape index (κ2) is 5.57. The molecule has 0 spiro atoms. The van der Waals surface area contributed by atoms with Crippen molar-refractivity contribution in [1.29, 1.82) is 0 Å². The van der Waals surface area contributed by atoms with E-state index in [-0.39, 0.29) is 0 Å². The summed E-state index contributed by atoms with van der Waals surface area (Å²) in [6.45, 7) is 7.75. The van der Waals surface area contributed by atoms with Crippen LogP contribution < -0.4 is 0 Å². The number of hydrogen-bond acceptors (Lipinski definition) is 2. The number of aryl methyl sites for hydroxylation is 3. The highest BCUT2D eigenvalue weighted by Gasteiger charge is 2.14. The van der Waals surface area contributed by atoms with Crippen LogP contribution in [0.15, 0.2) is 12.4 Å². The van der Waals surface area contributed by atoms with Gasteiger partial charge in [-0.2, -0.15) is 5.10 Å². The van der Waals surface area contributed by atoms with E-state index in [0.29, 0.717) is 0 Å². The quantitative estimate of drug-likeness (QED) is 0.834. The van der Waals surface area contributed by atoms with Gasteiger partial charge in [0.25, 0.3) is 0 Å². The molecule has 0 unspecified atom stereocenters. The van der Waals surface area contributed by atoms with Crippen LogP contribution in [0.25, 0.3) is 0 Å². The topological polar surface area (TPSA) is 35.6 Å². The SMILES string of the molecule is CCCc1nccn1Cc1c(Cl)c(C)nn1CC. The van der Waals surface area contributed by atoms with Crippen LogP contribution in [0, 0.1) is 6.92 Å². The predicted octanol–water partition coefficient (Wildman–Crippen LogP) is 3.06. The number of halogens is 1. The number of aromatic nitrogens is 4. The van der Waals surface area contributed by atoms with Crippen molar-refractivity contribution in [2.75, 3.05) is 0 Å². The largest absolute Gasteiger partial charge is 0.329 e. The Morgan fingerprint density at radius 1 is 1.33 bits per heavy atom. The van der Waals surface area contributed by atoms with Crippen molar-refractivity contribution in [1.82, 2.24) is 19.3 Å². The third-order valence-corrected chi connectivity index (χ3v) is 3.54. The van der Waals surface area contributed by atoms with Crippen molar-refractivity contribution >= 4 is 11.6 Å². The van der Waals surface area contributed by atoms with Crippen molar-refractivity contribution in [3.63, 3.8) is 0 Å². The highest BCUT2D eigenvalue weighted by molar-refractivity contribution is 6.31. The van der Waals surface area contributed by atoms with E-state index >= 15 is 0 Å². The normalized spacial score (nSPS) is 11.1. The molecule has 0 bridgehead atoms. The number of rotatable bonds is 5. The molecule has 5 heteroatoms. The molecular formula is C13H19ClN4. The van der Waals surface area contributed by atoms with Gasteiger partial charge < -0.3 is 4.57 Å². The maximum Gasteiger partial charge on any atom is 0.108 e. The molecule has 2 aromatic heterocycles. The Morgan fingerprint density at radius 2 is 2.11 bits per heavy atom. The van der Waals surface area contributed by atoms with Gasteiger partial charge in [-0.15, -0.1) is 0 Å². The monoisotopic (exact) mass is 266 g/mol. The molecule has 0 N–H and O–H groups in total. The van der Waals surface area contributed by atoms with Crippen LogP contribution in [-0.2, 0) is 19.5 Å². The van der Waals surface area contributed by atoms with Crippen molar-refractivity contribution in [3.8, 4) is 0 Å². The van der Waals surface area contributed by atoms with Gasteiger partial charge in [-0.1, -0.05) is 18.5 Å². The summed E-state index contributed by atoms with van der Waals surface area (Å²) in [5.74, 6) is 1.11. The molecule has 0 aliphatic rings. The first kappa shape index (κ1) is 13.1. The fourth-order valence-corrected chi connectivity index (χ4v) is 2.31. The van der Waals surface area contributed by atoms with Crippen LogP contribution in [0.2, 0.25) is 5.02 Å². The van der Waals surface area contributed by atoms with E-state index in [1.165, 1.54) is 0 Å². The second-order valence-corrected chi connectivity index (χ2v) is 4.76. The van der Waals surface area contributed by atoms with Crippen LogP contribution in [0.1, 0.15) is 37.5 Å². The molecule has 2 aromatic rings. The van der Waals surface area contributed by atoms with Crippen LogP contribution in [-0.4, -0.2) is 19.3 Å². The summed E-state index contributed by atoms with van der Waals surface area (Å²) < 4.78 is 4.12. The fraction of sp³-hybridized carbons (Fsp3) is 0.538. The van der Waals surface area contributed by atoms with E-state index in [2.05, 4.69) is 28.5 Å². The summed E-state index contributed by atoms with van der Waals surface area (Å²) >= 11 is 6.32. The summed E-state index contributed by atoms with van der Waals surface area (Å²) in [7, 11) is 0. The molecule has 2 heterocycles. The summed E-state index contributed by atoms with van der Waals surface area (Å²) in [6, 6.07) is 0. The standard InChI is InChI=1S/C13H19ClN4/c1-4-6-12-15-7-8-17(12)9-11-13(14)10(3)16-18(11)5-2/h7-8H,4-6,9H2,1-3H3. The van der Waals surface area contributed by atoms with E-state index in [1.807, 2.05) is 24.0 Å². The lowest BCUT2D eigenvalue weighted by Crippen LogP contribution is -2.10. The van der Waals surface area contributed by atoms with Crippen LogP contribution in [0.4, 0.5) is 0 Å². The minimum Gasteiger partial charge on any atom is -0.329 e. The first-order valence-electron chi connectivity index (χ1n) is 6.39. The second-order valence-electron chi connectivity index (χ2n) is 4.38. The summed E-state index contributed by atoms with van der Waals surface area (Å²) in [5, 5.41) is 5.21. The number of nitrogens with zero attached hydrogens (tertiary/aromatic N) is 4. The zero-order valence-electron chi connectivity index (χ0n) is 11.1. The Morgan fingerprint density at radius 3 is 2.78 bits per heavy atom. The Kier molecular flexibility index (Phi) is 4.07. The van der Waals surface area contributed by atoms with Gasteiger partial charge in [-0.05, 0) is 20.3 Å². The molecule has 0 saturated heterocycles. The minimum atomic E-state index is 0.739. The summed E-state index contributed by atoms with van der Waals surface area (Å²) in [6.07, 6.45) is 5.93. The lowest BCUT2D eigenvalue weighted by molar-refractivity contribution is 0.587. The zero-order chi connectivity index (χ0) is 13.1. The molecule has 4 nitrogen and oxygen atoms in total. The molecule has 0 aromatic carbocycles. The van der Waals surface area contributed by atoms with Gasteiger partial charge in [-0.25, -0.2) is 4.98 Å². The third kappa shape index (κ3) is 2.43. The Balaban J connectivity index is 2.30. The van der Waals surface area contributed by atoms with Crippen molar-refractivity contribution < 1.29 is 0 Å². The van der Waals surface area contributed by atoms with E-state index in [1.54, 1.807) is 0 Å². The van der Waals surface area contributed by atoms with Crippen molar-refractivity contribution in [3.05, 3.63) is 34.6 Å². The van der Waals surface area contributed by atoms with E-state index < -0.39 is 0 Å². The van der Waals surface area contributed by atoms with E-state index in [4.69, 9.17) is 11.6 Å². The molecule has 0 radical (unpaired) electrons. The predicted molar refractivity (Wildman–Crippen MR) is 73.0 cm³/mol. The molecule has 98 valence electrons. The number of hydrogen-bond donors (Lipinski definition) is 0. The fourth-order valence-electron chi connectivity index (χ4n) is 2.12. The first-order valence-corrected chi connectivity index (χ1v) is 6.76. The molecule has 2 rings (SSSR count). The van der Waals surface area contributed by atoms with E-state index in [9.17, 15) is 0 Å². The third-order valence-electron chi connectivity index (χ3n) is 3.05. The van der Waals surface area contributed by atoms with Gasteiger partial charge in [0.05, 0.1) is 23.0 Å². The molecule has 0 aliphatic heterocycles. The molecule has 0 amide bonds. The van der Waals surface area contributed by atoms with Crippen LogP contribution >= 0.6 is 11.6 Å². The highest BCUT2D eigenvalue weighted by atomic mass is 35.5. The molecular weight excluding hydrogens is 248 g/mol. The molecule has 0 fully saturated rings. The van der Waals surface area contributed by atoms with Gasteiger partial charge in [0.2, 0.25) is 0 Å². The maximum atomic E-state index is 6.32. The maximum absolute atomic E-state index is 6.32. The Labute approximate surface area is 113 Å². The van der Waals surface area contributed by atoms with Gasteiger partial charge in [0.1, 0.15) is 5.82 Å². The van der Waals surface area contributed by atoms with E-state index in [0.717, 1.165) is 48.2 Å². The number of imidazole rings is 1. The van der Waals surface area contributed by atoms with Gasteiger partial charge in [-0.3, -0.25) is 4.68 Å². The molecule has 0 aliphatic carbocycles. The molecule has 0 saturated carbocycles. The van der Waals surface area contributed by atoms with Gasteiger partial charge in [0, 0.05) is 25.4 Å². The molecule has 18 heavy (non-hydrogen) atoms. The minimum absolute atomic E-state index is 0.739. The smallest absolute Gasteiger partial charge is 0.108 e. The zero-order valence-corrected chi connectivity index (χ0v) is 11.9. The highest BCUT2D eigenvalue weighted by Crippen LogP contribution is 2.21. The first-order chi connectivity index (χ1) is 8.67. The average molecular weight is 267 g/mol. The lowest BCUT2D eigenvalue weighted by Gasteiger charge is -2.09. The summed E-state index contributed by atoms with van der Waals surface area (Å²) in [5.41, 5.74) is 1.96. The summed E-state index contributed by atoms with van der Waals surface area (Å²) in [4.78, 5) is 4.38. The Bertz CT molecular complexity index is 527.